The third kappa shape index (κ3) is 6.06. The predicted molar refractivity (Wildman–Crippen MR) is 115 cm³/mol. The molecular formula is C20H22N6O3S. The minimum Gasteiger partial charge on any atom is -0.497 e. The minimum absolute atomic E-state index is 0.155. The molecule has 9 nitrogen and oxygen atoms in total. The van der Waals surface area contributed by atoms with Gasteiger partial charge in [0.2, 0.25) is 10.9 Å². The number of ether oxygens (including phenoxy) is 1. The molecule has 0 radical (unpaired) electrons. The second kappa shape index (κ2) is 9.90. The van der Waals surface area contributed by atoms with E-state index < -0.39 is 0 Å². The van der Waals surface area contributed by atoms with Crippen LogP contribution in [-0.2, 0) is 11.3 Å². The van der Waals surface area contributed by atoms with Crippen molar-refractivity contribution in [3.63, 3.8) is 0 Å². The SMILES string of the molecule is COc1ccc(NC(=O)c2nnc(CN(C)CC(=O)Nc3cccc(C)n3)s2)cc1. The van der Waals surface area contributed by atoms with E-state index in [4.69, 9.17) is 4.74 Å². The number of amides is 2. The van der Waals surface area contributed by atoms with E-state index in [2.05, 4.69) is 25.8 Å². The molecule has 3 rings (SSSR count). The van der Waals surface area contributed by atoms with E-state index in [9.17, 15) is 9.59 Å². The number of benzene rings is 1. The number of aromatic nitrogens is 3. The first kappa shape index (κ1) is 21.3. The van der Waals surface area contributed by atoms with Crippen LogP contribution >= 0.6 is 11.3 Å². The summed E-state index contributed by atoms with van der Waals surface area (Å²) in [6.07, 6.45) is 0. The van der Waals surface area contributed by atoms with Gasteiger partial charge in [0, 0.05) is 11.4 Å². The Labute approximate surface area is 178 Å². The van der Waals surface area contributed by atoms with E-state index in [0.29, 0.717) is 28.8 Å². The molecule has 0 unspecified atom stereocenters. The maximum Gasteiger partial charge on any atom is 0.286 e. The maximum atomic E-state index is 12.4. The summed E-state index contributed by atoms with van der Waals surface area (Å²) in [5, 5.41) is 14.4. The lowest BCUT2D eigenvalue weighted by Gasteiger charge is -2.14. The number of anilines is 2. The average molecular weight is 427 g/mol. The van der Waals surface area contributed by atoms with Crippen LogP contribution in [0.2, 0.25) is 0 Å². The molecule has 2 aromatic heterocycles. The van der Waals surface area contributed by atoms with Gasteiger partial charge < -0.3 is 15.4 Å². The van der Waals surface area contributed by atoms with E-state index in [-0.39, 0.29) is 23.4 Å². The number of carbonyl (C=O) groups excluding carboxylic acids is 2. The Morgan fingerprint density at radius 1 is 1.10 bits per heavy atom. The Kier molecular flexibility index (Phi) is 7.04. The van der Waals surface area contributed by atoms with Gasteiger partial charge in [-0.1, -0.05) is 17.4 Å². The summed E-state index contributed by atoms with van der Waals surface area (Å²) < 4.78 is 5.10. The molecule has 0 atom stereocenters. The summed E-state index contributed by atoms with van der Waals surface area (Å²) in [6, 6.07) is 12.4. The highest BCUT2D eigenvalue weighted by Gasteiger charge is 2.15. The van der Waals surface area contributed by atoms with Crippen LogP contribution < -0.4 is 15.4 Å². The van der Waals surface area contributed by atoms with Gasteiger partial charge in [-0.25, -0.2) is 4.98 Å². The third-order valence-electron chi connectivity index (χ3n) is 3.98. The smallest absolute Gasteiger partial charge is 0.286 e. The maximum absolute atomic E-state index is 12.4. The average Bonchev–Trinajstić information content (AvgIpc) is 3.17. The Hall–Kier alpha value is -3.37. The molecule has 0 spiro atoms. The number of aryl methyl sites for hydroxylation is 1. The normalized spacial score (nSPS) is 10.7. The molecule has 2 N–H and O–H groups in total. The standard InChI is InChI=1S/C20H22N6O3S/c1-13-5-4-6-16(21-13)23-17(27)11-26(2)12-18-24-25-20(30-18)19(28)22-14-7-9-15(29-3)10-8-14/h4-10H,11-12H2,1-3H3,(H,22,28)(H,21,23,27). The van der Waals surface area contributed by atoms with Crippen LogP contribution in [0.4, 0.5) is 11.5 Å². The van der Waals surface area contributed by atoms with Crippen molar-refractivity contribution in [3.8, 4) is 5.75 Å². The first-order valence-electron chi connectivity index (χ1n) is 9.13. The van der Waals surface area contributed by atoms with Crippen LogP contribution in [0.15, 0.2) is 42.5 Å². The lowest BCUT2D eigenvalue weighted by atomic mass is 10.3. The van der Waals surface area contributed by atoms with Crippen LogP contribution in [0, 0.1) is 6.92 Å². The van der Waals surface area contributed by atoms with Gasteiger partial charge in [-0.15, -0.1) is 10.2 Å². The van der Waals surface area contributed by atoms with Crippen LogP contribution in [-0.4, -0.2) is 52.6 Å². The lowest BCUT2D eigenvalue weighted by molar-refractivity contribution is -0.117. The summed E-state index contributed by atoms with van der Waals surface area (Å²) in [5.41, 5.74) is 1.46. The molecule has 3 aromatic rings. The van der Waals surface area contributed by atoms with Crippen LogP contribution in [0.3, 0.4) is 0 Å². The molecule has 2 amide bonds. The number of likely N-dealkylation sites (N-methyl/N-ethyl adjacent to an activating group) is 1. The van der Waals surface area contributed by atoms with Crippen molar-refractivity contribution in [2.75, 3.05) is 31.3 Å². The molecule has 1 aromatic carbocycles. The fraction of sp³-hybridized carbons (Fsp3) is 0.250. The van der Waals surface area contributed by atoms with Gasteiger partial charge in [-0.3, -0.25) is 14.5 Å². The number of rotatable bonds is 8. The van der Waals surface area contributed by atoms with E-state index in [1.54, 1.807) is 49.4 Å². The minimum atomic E-state index is -0.338. The van der Waals surface area contributed by atoms with Gasteiger partial charge in [0.05, 0.1) is 20.2 Å². The second-order valence-corrected chi connectivity index (χ2v) is 7.63. The largest absolute Gasteiger partial charge is 0.497 e. The molecule has 0 aliphatic heterocycles. The Balaban J connectivity index is 1.51. The van der Waals surface area contributed by atoms with E-state index in [1.165, 1.54) is 11.3 Å². The lowest BCUT2D eigenvalue weighted by Crippen LogP contribution is -2.30. The van der Waals surface area contributed by atoms with Crippen LogP contribution in [0.25, 0.3) is 0 Å². The van der Waals surface area contributed by atoms with E-state index in [0.717, 1.165) is 5.69 Å². The molecule has 0 fully saturated rings. The van der Waals surface area contributed by atoms with Crippen molar-refractivity contribution in [2.45, 2.75) is 13.5 Å². The number of pyridine rings is 1. The highest BCUT2D eigenvalue weighted by molar-refractivity contribution is 7.13. The van der Waals surface area contributed by atoms with Crippen molar-refractivity contribution in [1.82, 2.24) is 20.1 Å². The zero-order valence-electron chi connectivity index (χ0n) is 16.9. The number of hydrogen-bond donors (Lipinski definition) is 2. The molecule has 0 aliphatic carbocycles. The Bertz CT molecular complexity index is 1020. The zero-order valence-corrected chi connectivity index (χ0v) is 17.7. The van der Waals surface area contributed by atoms with Crippen LogP contribution in [0.1, 0.15) is 20.5 Å². The van der Waals surface area contributed by atoms with Crippen LogP contribution in [0.5, 0.6) is 5.75 Å². The van der Waals surface area contributed by atoms with Crippen molar-refractivity contribution >= 4 is 34.7 Å². The number of nitrogens with zero attached hydrogens (tertiary/aromatic N) is 4. The van der Waals surface area contributed by atoms with E-state index >= 15 is 0 Å². The van der Waals surface area contributed by atoms with Crippen molar-refractivity contribution in [2.24, 2.45) is 0 Å². The highest BCUT2D eigenvalue weighted by atomic mass is 32.1. The quantitative estimate of drug-likeness (QED) is 0.570. The highest BCUT2D eigenvalue weighted by Crippen LogP contribution is 2.17. The molecule has 2 heterocycles. The van der Waals surface area contributed by atoms with Gasteiger partial charge in [-0.2, -0.15) is 0 Å². The van der Waals surface area contributed by atoms with Gasteiger partial charge in [0.15, 0.2) is 0 Å². The predicted octanol–water partition coefficient (Wildman–Crippen LogP) is 2.57. The van der Waals surface area contributed by atoms with Gasteiger partial charge >= 0.3 is 0 Å². The van der Waals surface area contributed by atoms with E-state index in [1.807, 2.05) is 19.1 Å². The molecule has 10 heteroatoms. The fourth-order valence-corrected chi connectivity index (χ4v) is 3.41. The molecule has 0 saturated carbocycles. The number of methoxy groups -OCH3 is 1. The molecule has 0 aliphatic rings. The molecule has 0 saturated heterocycles. The topological polar surface area (TPSA) is 109 Å². The first-order chi connectivity index (χ1) is 14.4. The zero-order chi connectivity index (χ0) is 21.5. The first-order valence-corrected chi connectivity index (χ1v) is 9.94. The Morgan fingerprint density at radius 2 is 1.87 bits per heavy atom. The van der Waals surface area contributed by atoms with Crippen molar-refractivity contribution in [1.29, 1.82) is 0 Å². The number of nitrogens with one attached hydrogen (secondary N) is 2. The monoisotopic (exact) mass is 426 g/mol. The van der Waals surface area contributed by atoms with Crippen molar-refractivity contribution < 1.29 is 14.3 Å². The molecular weight excluding hydrogens is 404 g/mol. The molecule has 30 heavy (non-hydrogen) atoms. The summed E-state index contributed by atoms with van der Waals surface area (Å²) in [4.78, 5) is 30.6. The molecule has 0 bridgehead atoms. The second-order valence-electron chi connectivity index (χ2n) is 6.57. The Morgan fingerprint density at radius 3 is 2.57 bits per heavy atom. The number of hydrogen-bond acceptors (Lipinski definition) is 8. The summed E-state index contributed by atoms with van der Waals surface area (Å²) in [5.74, 6) is 0.700. The third-order valence-corrected chi connectivity index (χ3v) is 4.89. The number of carbonyl (C=O) groups is 2. The summed E-state index contributed by atoms with van der Waals surface area (Å²) >= 11 is 1.18. The summed E-state index contributed by atoms with van der Waals surface area (Å²) in [7, 11) is 3.37. The summed E-state index contributed by atoms with van der Waals surface area (Å²) in [6.45, 7) is 2.41. The van der Waals surface area contributed by atoms with Gasteiger partial charge in [-0.05, 0) is 50.4 Å². The van der Waals surface area contributed by atoms with Crippen molar-refractivity contribution in [3.05, 3.63) is 58.2 Å². The molecule has 156 valence electrons. The fourth-order valence-electron chi connectivity index (χ4n) is 2.60. The van der Waals surface area contributed by atoms with Gasteiger partial charge in [0.25, 0.3) is 5.91 Å². The van der Waals surface area contributed by atoms with Gasteiger partial charge in [0.1, 0.15) is 16.6 Å².